The highest BCUT2D eigenvalue weighted by Crippen LogP contribution is 2.32. The molecule has 1 amide bonds. The maximum absolute atomic E-state index is 12.4. The van der Waals surface area contributed by atoms with Crippen LogP contribution in [-0.2, 0) is 9.59 Å². The molecule has 0 aliphatic carbocycles. The number of halogens is 2. The third kappa shape index (κ3) is 6.03. The average Bonchev–Trinajstić information content (AvgIpc) is 2.62. The van der Waals surface area contributed by atoms with Crippen molar-refractivity contribution in [3.8, 4) is 5.75 Å². The molecule has 0 saturated carbocycles. The van der Waals surface area contributed by atoms with E-state index in [1.807, 2.05) is 6.07 Å². The predicted octanol–water partition coefficient (Wildman–Crippen LogP) is 2.15. The zero-order valence-corrected chi connectivity index (χ0v) is 17.3. The first-order valence-corrected chi connectivity index (χ1v) is 9.53. The van der Waals surface area contributed by atoms with Crippen molar-refractivity contribution in [2.75, 3.05) is 51.7 Å². The van der Waals surface area contributed by atoms with Crippen LogP contribution in [0.25, 0.3) is 0 Å². The van der Waals surface area contributed by atoms with Gasteiger partial charge in [-0.2, -0.15) is 0 Å². The number of anilines is 1. The molecule has 1 aliphatic rings. The Bertz CT molecular complexity index is 691. The van der Waals surface area contributed by atoms with Gasteiger partial charge < -0.3 is 20.1 Å². The van der Waals surface area contributed by atoms with Crippen LogP contribution < -0.4 is 10.1 Å². The summed E-state index contributed by atoms with van der Waals surface area (Å²) in [6, 6.07) is 3.57. The molecule has 1 aromatic carbocycles. The van der Waals surface area contributed by atoms with E-state index >= 15 is 0 Å². The molecule has 0 radical (unpaired) electrons. The Kier molecular flexibility index (Phi) is 7.98. The minimum Gasteiger partial charge on any atom is -0.495 e. The summed E-state index contributed by atoms with van der Waals surface area (Å²) >= 11 is 8.21. The highest BCUT2D eigenvalue weighted by atomic mass is 127. The number of hydrogen-bond donors (Lipinski definition) is 2. The van der Waals surface area contributed by atoms with Gasteiger partial charge in [0.15, 0.2) is 0 Å². The SMILES string of the molecule is COc1cc(Cl)c(I)cc1NCC(=O)N1CCN(C/C=C/C(=O)O)CC1. The number of carbonyl (C=O) groups is 2. The molecule has 2 N–H and O–H groups in total. The molecule has 26 heavy (non-hydrogen) atoms. The molecule has 0 aromatic heterocycles. The maximum Gasteiger partial charge on any atom is 0.328 e. The minimum atomic E-state index is -0.947. The van der Waals surface area contributed by atoms with Gasteiger partial charge in [-0.05, 0) is 28.7 Å². The topological polar surface area (TPSA) is 82.1 Å². The molecule has 7 nitrogen and oxygen atoms in total. The fourth-order valence-corrected chi connectivity index (χ4v) is 3.22. The van der Waals surface area contributed by atoms with Gasteiger partial charge in [0.25, 0.3) is 0 Å². The Labute approximate surface area is 171 Å². The zero-order chi connectivity index (χ0) is 19.1. The summed E-state index contributed by atoms with van der Waals surface area (Å²) in [5.74, 6) is -0.340. The smallest absolute Gasteiger partial charge is 0.328 e. The van der Waals surface area contributed by atoms with E-state index in [2.05, 4.69) is 32.8 Å². The summed E-state index contributed by atoms with van der Waals surface area (Å²) in [7, 11) is 1.56. The molecule has 0 bridgehead atoms. The van der Waals surface area contributed by atoms with Crippen molar-refractivity contribution < 1.29 is 19.4 Å². The Balaban J connectivity index is 1.83. The van der Waals surface area contributed by atoms with Gasteiger partial charge in [0.1, 0.15) is 5.75 Å². The molecule has 142 valence electrons. The molecule has 2 rings (SSSR count). The first-order valence-electron chi connectivity index (χ1n) is 8.07. The number of aliphatic carboxylic acids is 1. The normalized spacial score (nSPS) is 15.3. The van der Waals surface area contributed by atoms with E-state index in [9.17, 15) is 9.59 Å². The Morgan fingerprint density at radius 1 is 1.35 bits per heavy atom. The van der Waals surface area contributed by atoms with Gasteiger partial charge >= 0.3 is 5.97 Å². The van der Waals surface area contributed by atoms with Gasteiger partial charge in [-0.1, -0.05) is 17.7 Å². The summed E-state index contributed by atoms with van der Waals surface area (Å²) in [5.41, 5.74) is 0.729. The largest absolute Gasteiger partial charge is 0.495 e. The lowest BCUT2D eigenvalue weighted by atomic mass is 10.2. The number of carbonyl (C=O) groups excluding carboxylic acids is 1. The second kappa shape index (κ2) is 9.98. The summed E-state index contributed by atoms with van der Waals surface area (Å²) < 4.78 is 6.18. The van der Waals surface area contributed by atoms with Crippen molar-refractivity contribution in [2.45, 2.75) is 0 Å². The van der Waals surface area contributed by atoms with Gasteiger partial charge in [0, 0.05) is 48.4 Å². The molecule has 0 spiro atoms. The van der Waals surface area contributed by atoms with Crippen LogP contribution in [0.5, 0.6) is 5.75 Å². The monoisotopic (exact) mass is 493 g/mol. The number of benzene rings is 1. The van der Waals surface area contributed by atoms with E-state index in [1.165, 1.54) is 0 Å². The number of amides is 1. The van der Waals surface area contributed by atoms with Gasteiger partial charge in [-0.15, -0.1) is 0 Å². The number of methoxy groups -OCH3 is 1. The van der Waals surface area contributed by atoms with Gasteiger partial charge in [-0.3, -0.25) is 9.69 Å². The zero-order valence-electron chi connectivity index (χ0n) is 14.4. The number of nitrogens with one attached hydrogen (secondary N) is 1. The summed E-state index contributed by atoms with van der Waals surface area (Å²) in [4.78, 5) is 26.8. The van der Waals surface area contributed by atoms with Crippen LogP contribution >= 0.6 is 34.2 Å². The first-order chi connectivity index (χ1) is 12.4. The molecule has 0 atom stereocenters. The van der Waals surface area contributed by atoms with Crippen LogP contribution in [0.1, 0.15) is 0 Å². The third-order valence-electron chi connectivity index (χ3n) is 4.02. The Morgan fingerprint density at radius 2 is 2.04 bits per heavy atom. The maximum atomic E-state index is 12.4. The lowest BCUT2D eigenvalue weighted by Gasteiger charge is -2.34. The van der Waals surface area contributed by atoms with Crippen LogP contribution in [0.4, 0.5) is 5.69 Å². The molecule has 1 fully saturated rings. The van der Waals surface area contributed by atoms with Crippen LogP contribution in [0.2, 0.25) is 5.02 Å². The van der Waals surface area contributed by atoms with Gasteiger partial charge in [0.05, 0.1) is 24.4 Å². The van der Waals surface area contributed by atoms with Gasteiger partial charge in [-0.25, -0.2) is 4.79 Å². The highest BCUT2D eigenvalue weighted by Gasteiger charge is 2.20. The minimum absolute atomic E-state index is 0.0118. The Hall–Kier alpha value is -1.52. The van der Waals surface area contributed by atoms with Crippen molar-refractivity contribution in [3.05, 3.63) is 32.9 Å². The number of carboxylic acid groups (broad SMARTS) is 1. The van der Waals surface area contributed by atoms with E-state index < -0.39 is 5.97 Å². The molecule has 1 heterocycles. The fourth-order valence-electron chi connectivity index (χ4n) is 2.60. The average molecular weight is 494 g/mol. The fraction of sp³-hybridized carbons (Fsp3) is 0.412. The van der Waals surface area contributed by atoms with Crippen LogP contribution in [0, 0.1) is 3.57 Å². The molecule has 1 aliphatic heterocycles. The van der Waals surface area contributed by atoms with E-state index in [1.54, 1.807) is 24.2 Å². The van der Waals surface area contributed by atoms with E-state index in [0.29, 0.717) is 30.4 Å². The van der Waals surface area contributed by atoms with Gasteiger partial charge in [0.2, 0.25) is 5.91 Å². The number of nitrogens with zero attached hydrogens (tertiary/aromatic N) is 2. The number of hydrogen-bond acceptors (Lipinski definition) is 5. The van der Waals surface area contributed by atoms with Crippen molar-refractivity contribution in [1.82, 2.24) is 9.80 Å². The molecular weight excluding hydrogens is 473 g/mol. The van der Waals surface area contributed by atoms with E-state index in [0.717, 1.165) is 28.4 Å². The van der Waals surface area contributed by atoms with E-state index in [-0.39, 0.29) is 12.5 Å². The molecule has 1 aromatic rings. The highest BCUT2D eigenvalue weighted by molar-refractivity contribution is 14.1. The van der Waals surface area contributed by atoms with Crippen molar-refractivity contribution in [3.63, 3.8) is 0 Å². The number of ether oxygens (including phenoxy) is 1. The number of rotatable bonds is 7. The summed E-state index contributed by atoms with van der Waals surface area (Å²) in [6.07, 6.45) is 2.76. The second-order valence-corrected chi connectivity index (χ2v) is 7.31. The van der Waals surface area contributed by atoms with Crippen LogP contribution in [0.3, 0.4) is 0 Å². The quantitative estimate of drug-likeness (QED) is 0.448. The Morgan fingerprint density at radius 3 is 2.65 bits per heavy atom. The first kappa shape index (κ1) is 20.8. The molecule has 9 heteroatoms. The van der Waals surface area contributed by atoms with Crippen molar-refractivity contribution in [1.29, 1.82) is 0 Å². The van der Waals surface area contributed by atoms with E-state index in [4.69, 9.17) is 21.4 Å². The summed E-state index contributed by atoms with van der Waals surface area (Å²) in [5, 5.41) is 12.3. The van der Waals surface area contributed by atoms with Crippen LogP contribution in [-0.4, -0.2) is 73.2 Å². The molecular formula is C17H21ClIN3O4. The standard InChI is InChI=1S/C17H21ClIN3O4/c1-26-15-9-12(18)13(19)10-14(15)20-11-16(23)22-7-5-21(6-8-22)4-2-3-17(24)25/h2-3,9-10,20H,4-8,11H2,1H3,(H,24,25)/b3-2+. The predicted molar refractivity (Wildman–Crippen MR) is 109 cm³/mol. The molecule has 1 saturated heterocycles. The van der Waals surface area contributed by atoms with Crippen LogP contribution in [0.15, 0.2) is 24.3 Å². The number of carboxylic acids is 1. The second-order valence-electron chi connectivity index (χ2n) is 5.74. The lowest BCUT2D eigenvalue weighted by Crippen LogP contribution is -2.50. The molecule has 0 unspecified atom stereocenters. The van der Waals surface area contributed by atoms with Crippen molar-refractivity contribution in [2.24, 2.45) is 0 Å². The lowest BCUT2D eigenvalue weighted by molar-refractivity contribution is -0.131. The summed E-state index contributed by atoms with van der Waals surface area (Å²) in [6.45, 7) is 3.43. The van der Waals surface area contributed by atoms with Crippen molar-refractivity contribution >= 4 is 51.8 Å². The number of piperazine rings is 1. The third-order valence-corrected chi connectivity index (χ3v) is 5.55.